The summed E-state index contributed by atoms with van der Waals surface area (Å²) in [5.41, 5.74) is 1.00. The number of nitrogens with zero attached hydrogens (tertiary/aromatic N) is 2. The molecule has 0 bridgehead atoms. The van der Waals surface area contributed by atoms with Crippen LogP contribution in [0.2, 0.25) is 5.28 Å². The van der Waals surface area contributed by atoms with E-state index in [-0.39, 0.29) is 5.28 Å². The van der Waals surface area contributed by atoms with E-state index in [1.165, 1.54) is 6.20 Å². The third-order valence-corrected chi connectivity index (χ3v) is 1.85. The average Bonchev–Trinajstić information content (AvgIpc) is 2.17. The molecule has 0 N–H and O–H groups in total. The fraction of sp³-hybridized carbons (Fsp3) is 0.444. The number of carbonyl (C=O) groups is 1. The quantitative estimate of drug-likeness (QED) is 0.569. The largest absolute Gasteiger partial charge is 0.462 e. The normalized spacial score (nSPS) is 9.93. The van der Waals surface area contributed by atoms with Gasteiger partial charge in [-0.1, -0.05) is 6.92 Å². The maximum absolute atomic E-state index is 11.4. The first-order valence-corrected chi connectivity index (χ1v) is 4.75. The molecule has 4 nitrogen and oxygen atoms in total. The zero-order valence-corrected chi connectivity index (χ0v) is 8.84. The van der Waals surface area contributed by atoms with Crippen molar-refractivity contribution in [3.05, 3.63) is 22.7 Å². The predicted molar refractivity (Wildman–Crippen MR) is 52.4 cm³/mol. The van der Waals surface area contributed by atoms with Crippen molar-refractivity contribution in [1.29, 1.82) is 0 Å². The Morgan fingerprint density at radius 2 is 2.29 bits per heavy atom. The van der Waals surface area contributed by atoms with Crippen LogP contribution < -0.4 is 0 Å². The van der Waals surface area contributed by atoms with Crippen LogP contribution in [0.5, 0.6) is 0 Å². The van der Waals surface area contributed by atoms with Crippen LogP contribution in [0.1, 0.15) is 29.9 Å². The lowest BCUT2D eigenvalue weighted by Crippen LogP contribution is -2.10. The minimum atomic E-state index is -0.402. The summed E-state index contributed by atoms with van der Waals surface area (Å²) in [6, 6.07) is 0. The molecule has 0 saturated heterocycles. The third-order valence-electron chi connectivity index (χ3n) is 1.67. The van der Waals surface area contributed by atoms with Crippen molar-refractivity contribution in [2.24, 2.45) is 0 Å². The summed E-state index contributed by atoms with van der Waals surface area (Å²) in [7, 11) is 0. The van der Waals surface area contributed by atoms with E-state index >= 15 is 0 Å². The molecule has 0 aliphatic rings. The topological polar surface area (TPSA) is 52.1 Å². The van der Waals surface area contributed by atoms with Gasteiger partial charge in [0.2, 0.25) is 5.28 Å². The van der Waals surface area contributed by atoms with E-state index in [9.17, 15) is 4.79 Å². The highest BCUT2D eigenvalue weighted by Crippen LogP contribution is 2.10. The Morgan fingerprint density at radius 3 is 2.86 bits per heavy atom. The van der Waals surface area contributed by atoms with Gasteiger partial charge in [0.25, 0.3) is 0 Å². The lowest BCUT2D eigenvalue weighted by molar-refractivity contribution is 0.0524. The van der Waals surface area contributed by atoms with Crippen molar-refractivity contribution < 1.29 is 9.53 Å². The molecule has 76 valence electrons. The summed E-state index contributed by atoms with van der Waals surface area (Å²) in [5.74, 6) is -0.402. The molecule has 0 aliphatic carbocycles. The van der Waals surface area contributed by atoms with Crippen molar-refractivity contribution in [1.82, 2.24) is 9.97 Å². The van der Waals surface area contributed by atoms with E-state index in [4.69, 9.17) is 16.3 Å². The molecule has 0 atom stereocenters. The zero-order valence-electron chi connectivity index (χ0n) is 8.08. The van der Waals surface area contributed by atoms with Crippen molar-refractivity contribution in [3.8, 4) is 0 Å². The van der Waals surface area contributed by atoms with Crippen LogP contribution in [-0.4, -0.2) is 22.5 Å². The smallest absolute Gasteiger partial charge is 0.341 e. The Kier molecular flexibility index (Phi) is 3.83. The molecule has 1 aromatic rings. The molecular weight excluding hydrogens is 204 g/mol. The lowest BCUT2D eigenvalue weighted by atomic mass is 10.2. The Hall–Kier alpha value is -1.16. The van der Waals surface area contributed by atoms with Crippen molar-refractivity contribution >= 4 is 17.6 Å². The first-order valence-electron chi connectivity index (χ1n) is 4.37. The molecule has 0 spiro atoms. The number of esters is 1. The Labute approximate surface area is 87.3 Å². The zero-order chi connectivity index (χ0) is 10.6. The van der Waals surface area contributed by atoms with Gasteiger partial charge in [-0.3, -0.25) is 0 Å². The minimum absolute atomic E-state index is 0.148. The van der Waals surface area contributed by atoms with Crippen LogP contribution in [-0.2, 0) is 11.2 Å². The van der Waals surface area contributed by atoms with Gasteiger partial charge in [0.1, 0.15) is 0 Å². The standard InChI is InChI=1S/C9H11ClN2O2/c1-3-7-6(8(13)14-4-2)5-11-9(10)12-7/h5H,3-4H2,1-2H3. The van der Waals surface area contributed by atoms with Crippen molar-refractivity contribution in [3.63, 3.8) is 0 Å². The molecule has 0 aromatic carbocycles. The van der Waals surface area contributed by atoms with Gasteiger partial charge in [0, 0.05) is 6.20 Å². The highest BCUT2D eigenvalue weighted by atomic mass is 35.5. The number of ether oxygens (including phenoxy) is 1. The van der Waals surface area contributed by atoms with Gasteiger partial charge < -0.3 is 4.74 Å². The Bertz CT molecular complexity index is 342. The molecule has 0 unspecified atom stereocenters. The summed E-state index contributed by atoms with van der Waals surface area (Å²) in [4.78, 5) is 19.1. The summed E-state index contributed by atoms with van der Waals surface area (Å²) < 4.78 is 4.85. The second-order valence-electron chi connectivity index (χ2n) is 2.57. The number of aryl methyl sites for hydroxylation is 1. The van der Waals surface area contributed by atoms with E-state index in [2.05, 4.69) is 9.97 Å². The number of hydrogen-bond donors (Lipinski definition) is 0. The Balaban J connectivity index is 3.01. The number of hydrogen-bond acceptors (Lipinski definition) is 4. The van der Waals surface area contributed by atoms with Gasteiger partial charge in [-0.15, -0.1) is 0 Å². The second-order valence-corrected chi connectivity index (χ2v) is 2.91. The van der Waals surface area contributed by atoms with Crippen LogP contribution in [0.25, 0.3) is 0 Å². The maximum Gasteiger partial charge on any atom is 0.341 e. The summed E-state index contributed by atoms with van der Waals surface area (Å²) in [6.07, 6.45) is 2.02. The molecule has 1 aromatic heterocycles. The van der Waals surface area contributed by atoms with E-state index in [0.717, 1.165) is 0 Å². The van der Waals surface area contributed by atoms with Crippen molar-refractivity contribution in [2.75, 3.05) is 6.61 Å². The van der Waals surface area contributed by atoms with Gasteiger partial charge in [0.05, 0.1) is 17.9 Å². The minimum Gasteiger partial charge on any atom is -0.462 e. The van der Waals surface area contributed by atoms with E-state index in [1.807, 2.05) is 6.92 Å². The summed E-state index contributed by atoms with van der Waals surface area (Å²) in [5, 5.41) is 0.148. The molecule has 0 fully saturated rings. The SMILES string of the molecule is CCOC(=O)c1cnc(Cl)nc1CC. The first-order chi connectivity index (χ1) is 6.69. The number of aromatic nitrogens is 2. The molecule has 1 rings (SSSR count). The summed E-state index contributed by atoms with van der Waals surface area (Å²) in [6.45, 7) is 3.98. The number of halogens is 1. The van der Waals surface area contributed by atoms with Crippen molar-refractivity contribution in [2.45, 2.75) is 20.3 Å². The highest BCUT2D eigenvalue weighted by Gasteiger charge is 2.13. The van der Waals surface area contributed by atoms with Crippen LogP contribution in [0.3, 0.4) is 0 Å². The molecular formula is C9H11ClN2O2. The van der Waals surface area contributed by atoms with Crippen LogP contribution in [0.4, 0.5) is 0 Å². The molecule has 14 heavy (non-hydrogen) atoms. The molecule has 5 heteroatoms. The van der Waals surface area contributed by atoms with Crippen LogP contribution in [0, 0.1) is 0 Å². The van der Waals surface area contributed by atoms with Gasteiger partial charge in [0.15, 0.2) is 0 Å². The predicted octanol–water partition coefficient (Wildman–Crippen LogP) is 1.87. The van der Waals surface area contributed by atoms with Gasteiger partial charge >= 0.3 is 5.97 Å². The van der Waals surface area contributed by atoms with Gasteiger partial charge in [-0.2, -0.15) is 0 Å². The Morgan fingerprint density at radius 1 is 1.57 bits per heavy atom. The monoisotopic (exact) mass is 214 g/mol. The van der Waals surface area contributed by atoms with Crippen LogP contribution in [0.15, 0.2) is 6.20 Å². The van der Waals surface area contributed by atoms with E-state index in [1.54, 1.807) is 6.92 Å². The third kappa shape index (κ3) is 2.42. The molecule has 1 heterocycles. The fourth-order valence-corrected chi connectivity index (χ4v) is 1.19. The highest BCUT2D eigenvalue weighted by molar-refractivity contribution is 6.28. The first kappa shape index (κ1) is 10.9. The van der Waals surface area contributed by atoms with Gasteiger partial charge in [-0.25, -0.2) is 14.8 Å². The second kappa shape index (κ2) is 4.91. The summed E-state index contributed by atoms with van der Waals surface area (Å²) >= 11 is 5.60. The van der Waals surface area contributed by atoms with Crippen LogP contribution >= 0.6 is 11.6 Å². The number of carbonyl (C=O) groups excluding carboxylic acids is 1. The lowest BCUT2D eigenvalue weighted by Gasteiger charge is -2.05. The average molecular weight is 215 g/mol. The van der Waals surface area contributed by atoms with Gasteiger partial charge in [-0.05, 0) is 24.9 Å². The molecule has 0 aliphatic heterocycles. The van der Waals surface area contributed by atoms with E-state index in [0.29, 0.717) is 24.3 Å². The molecule has 0 radical (unpaired) electrons. The number of rotatable bonds is 3. The molecule has 0 saturated carbocycles. The fourth-order valence-electron chi connectivity index (χ4n) is 1.04. The molecule has 0 amide bonds. The van der Waals surface area contributed by atoms with E-state index < -0.39 is 5.97 Å². The maximum atomic E-state index is 11.4.